The smallest absolute Gasteiger partial charge is 0.345 e. The van der Waals surface area contributed by atoms with Crippen LogP contribution in [0.25, 0.3) is 0 Å². The Labute approximate surface area is 159 Å². The topological polar surface area (TPSA) is 158 Å². The highest BCUT2D eigenvalue weighted by Crippen LogP contribution is 2.30. The summed E-state index contributed by atoms with van der Waals surface area (Å²) in [5.41, 5.74) is -2.01. The minimum atomic E-state index is -2.19. The summed E-state index contributed by atoms with van der Waals surface area (Å²) in [7, 11) is 5.29. The Bertz CT molecular complexity index is 602. The van der Waals surface area contributed by atoms with E-state index in [1.54, 1.807) is 0 Å². The zero-order valence-corrected chi connectivity index (χ0v) is 16.1. The molecule has 12 nitrogen and oxygen atoms in total. The lowest BCUT2D eigenvalue weighted by Gasteiger charge is -2.23. The molecular formula is C16H20O12. The Morgan fingerprint density at radius 2 is 0.714 bits per heavy atom. The van der Waals surface area contributed by atoms with E-state index in [9.17, 15) is 28.8 Å². The third-order valence-corrected chi connectivity index (χ3v) is 3.44. The van der Waals surface area contributed by atoms with E-state index in [0.29, 0.717) is 0 Å². The van der Waals surface area contributed by atoms with Crippen molar-refractivity contribution in [2.45, 2.75) is 0 Å². The van der Waals surface area contributed by atoms with Gasteiger partial charge in [0.25, 0.3) is 0 Å². The quantitative estimate of drug-likeness (QED) is 0.153. The maximum absolute atomic E-state index is 12.2. The van der Waals surface area contributed by atoms with Gasteiger partial charge in [-0.2, -0.15) is 0 Å². The molecule has 0 radical (unpaired) electrons. The number of rotatable bonds is 8. The lowest BCUT2D eigenvalue weighted by Crippen LogP contribution is -2.40. The van der Waals surface area contributed by atoms with Crippen LogP contribution in [0.15, 0.2) is 11.1 Å². The predicted octanol–water partition coefficient (Wildman–Crippen LogP) is -1.45. The van der Waals surface area contributed by atoms with Crippen LogP contribution in [-0.2, 0) is 57.2 Å². The van der Waals surface area contributed by atoms with Crippen LogP contribution in [0.5, 0.6) is 0 Å². The first-order valence-corrected chi connectivity index (χ1v) is 7.38. The molecule has 0 aromatic heterocycles. The zero-order valence-electron chi connectivity index (χ0n) is 16.1. The Hall–Kier alpha value is -3.44. The lowest BCUT2D eigenvalue weighted by atomic mass is 9.83. The van der Waals surface area contributed by atoms with Crippen molar-refractivity contribution in [3.05, 3.63) is 11.1 Å². The first kappa shape index (κ1) is 24.6. The molecule has 0 aliphatic heterocycles. The van der Waals surface area contributed by atoms with Gasteiger partial charge in [0.15, 0.2) is 11.8 Å². The van der Waals surface area contributed by atoms with Gasteiger partial charge >= 0.3 is 35.8 Å². The van der Waals surface area contributed by atoms with Crippen LogP contribution in [-0.4, -0.2) is 78.5 Å². The monoisotopic (exact) mass is 404 g/mol. The van der Waals surface area contributed by atoms with Gasteiger partial charge in [0.05, 0.1) is 42.7 Å². The average Bonchev–Trinajstić information content (AvgIpc) is 2.72. The summed E-state index contributed by atoms with van der Waals surface area (Å²) < 4.78 is 26.9. The molecule has 156 valence electrons. The summed E-state index contributed by atoms with van der Waals surface area (Å²) in [6, 6.07) is 0. The van der Waals surface area contributed by atoms with Gasteiger partial charge in [-0.25, -0.2) is 9.59 Å². The summed E-state index contributed by atoms with van der Waals surface area (Å²) in [4.78, 5) is 73.4. The summed E-state index contributed by atoms with van der Waals surface area (Å²) in [6.07, 6.45) is 0. The van der Waals surface area contributed by atoms with E-state index in [1.165, 1.54) is 0 Å². The normalized spacial score (nSPS) is 9.86. The van der Waals surface area contributed by atoms with Crippen molar-refractivity contribution in [3.63, 3.8) is 0 Å². The molecule has 0 bridgehead atoms. The predicted molar refractivity (Wildman–Crippen MR) is 86.1 cm³/mol. The Morgan fingerprint density at radius 3 is 0.893 bits per heavy atom. The second kappa shape index (κ2) is 11.3. The average molecular weight is 404 g/mol. The van der Waals surface area contributed by atoms with Gasteiger partial charge in [-0.05, 0) is 0 Å². The van der Waals surface area contributed by atoms with Gasteiger partial charge < -0.3 is 28.4 Å². The number of esters is 6. The lowest BCUT2D eigenvalue weighted by molar-refractivity contribution is -0.159. The summed E-state index contributed by atoms with van der Waals surface area (Å²) >= 11 is 0. The third kappa shape index (κ3) is 5.28. The van der Waals surface area contributed by atoms with Crippen molar-refractivity contribution in [1.29, 1.82) is 0 Å². The van der Waals surface area contributed by atoms with Crippen molar-refractivity contribution < 1.29 is 57.2 Å². The highest BCUT2D eigenvalue weighted by atomic mass is 16.6. The van der Waals surface area contributed by atoms with Gasteiger partial charge in [0.2, 0.25) is 0 Å². The molecule has 0 saturated carbocycles. The fraction of sp³-hybridized carbons (Fsp3) is 0.500. The number of hydrogen-bond donors (Lipinski definition) is 0. The molecule has 12 heteroatoms. The van der Waals surface area contributed by atoms with Crippen LogP contribution in [0.3, 0.4) is 0 Å². The van der Waals surface area contributed by atoms with Gasteiger partial charge in [0, 0.05) is 5.57 Å². The molecule has 0 saturated heterocycles. The summed E-state index contributed by atoms with van der Waals surface area (Å²) in [5.74, 6) is -12.6. The largest absolute Gasteiger partial charge is 0.468 e. The van der Waals surface area contributed by atoms with Crippen molar-refractivity contribution >= 4 is 35.8 Å². The fourth-order valence-corrected chi connectivity index (χ4v) is 2.15. The van der Waals surface area contributed by atoms with Gasteiger partial charge in [-0.3, -0.25) is 19.2 Å². The summed E-state index contributed by atoms with van der Waals surface area (Å²) in [5, 5.41) is 0. The number of carbonyl (C=O) groups excluding carboxylic acids is 6. The molecule has 0 aromatic carbocycles. The van der Waals surface area contributed by atoms with Gasteiger partial charge in [0.1, 0.15) is 5.57 Å². The van der Waals surface area contributed by atoms with Crippen molar-refractivity contribution in [2.24, 2.45) is 11.8 Å². The van der Waals surface area contributed by atoms with Crippen LogP contribution >= 0.6 is 0 Å². The molecule has 0 rings (SSSR count). The molecule has 0 heterocycles. The Kier molecular flexibility index (Phi) is 9.92. The minimum Gasteiger partial charge on any atom is -0.468 e. The van der Waals surface area contributed by atoms with Gasteiger partial charge in [-0.15, -0.1) is 0 Å². The molecule has 0 unspecified atom stereocenters. The highest BCUT2D eigenvalue weighted by Gasteiger charge is 2.48. The molecule has 28 heavy (non-hydrogen) atoms. The molecular weight excluding hydrogens is 384 g/mol. The zero-order chi connectivity index (χ0) is 22.0. The van der Waals surface area contributed by atoms with Crippen LogP contribution in [0.4, 0.5) is 0 Å². The standard InChI is InChI=1S/C16H20O12/c1-23-11(17)8(12(18)24-2)7(9(13(19)25-3)14(20)26-4)10(15(21)27-5)16(22)28-6/h8-9H,1-6H3. The van der Waals surface area contributed by atoms with Gasteiger partial charge in [-0.1, -0.05) is 0 Å². The summed E-state index contributed by atoms with van der Waals surface area (Å²) in [6.45, 7) is 0. The van der Waals surface area contributed by atoms with Crippen LogP contribution in [0.2, 0.25) is 0 Å². The van der Waals surface area contributed by atoms with Crippen molar-refractivity contribution in [2.75, 3.05) is 42.7 Å². The van der Waals surface area contributed by atoms with E-state index in [1.807, 2.05) is 0 Å². The molecule has 0 amide bonds. The minimum absolute atomic E-state index is 0.874. The number of hydrogen-bond acceptors (Lipinski definition) is 12. The maximum Gasteiger partial charge on any atom is 0.345 e. The SMILES string of the molecule is COC(=O)C(C(=O)OC)=C(C(C(=O)OC)C(=O)OC)C(C(=O)OC)C(=O)OC. The van der Waals surface area contributed by atoms with E-state index in [4.69, 9.17) is 0 Å². The van der Waals surface area contributed by atoms with Crippen LogP contribution in [0, 0.1) is 11.8 Å². The van der Waals surface area contributed by atoms with E-state index >= 15 is 0 Å². The van der Waals surface area contributed by atoms with Crippen molar-refractivity contribution in [3.8, 4) is 0 Å². The van der Waals surface area contributed by atoms with E-state index in [0.717, 1.165) is 42.7 Å². The third-order valence-electron chi connectivity index (χ3n) is 3.44. The van der Waals surface area contributed by atoms with E-state index < -0.39 is 58.8 Å². The highest BCUT2D eigenvalue weighted by molar-refractivity contribution is 6.18. The first-order valence-electron chi connectivity index (χ1n) is 7.38. The fourth-order valence-electron chi connectivity index (χ4n) is 2.15. The second-order valence-corrected chi connectivity index (χ2v) is 4.77. The molecule has 0 spiro atoms. The van der Waals surface area contributed by atoms with Crippen LogP contribution in [0.1, 0.15) is 0 Å². The molecule has 0 aliphatic carbocycles. The molecule has 0 aromatic rings. The number of methoxy groups -OCH3 is 6. The van der Waals surface area contributed by atoms with E-state index in [2.05, 4.69) is 28.4 Å². The Balaban J connectivity index is 7.36. The number of carbonyl (C=O) groups is 6. The molecule has 0 aliphatic rings. The van der Waals surface area contributed by atoms with E-state index in [-0.39, 0.29) is 0 Å². The second-order valence-electron chi connectivity index (χ2n) is 4.77. The molecule has 0 N–H and O–H groups in total. The molecule has 0 fully saturated rings. The Morgan fingerprint density at radius 1 is 0.464 bits per heavy atom. The molecule has 0 atom stereocenters. The van der Waals surface area contributed by atoms with Crippen molar-refractivity contribution in [1.82, 2.24) is 0 Å². The maximum atomic E-state index is 12.2. The van der Waals surface area contributed by atoms with Crippen LogP contribution < -0.4 is 0 Å². The number of ether oxygens (including phenoxy) is 6. The first-order chi connectivity index (χ1) is 13.2.